The van der Waals surface area contributed by atoms with Crippen molar-refractivity contribution in [1.82, 2.24) is 10.2 Å². The van der Waals surface area contributed by atoms with Crippen LogP contribution >= 0.6 is 0 Å². The summed E-state index contributed by atoms with van der Waals surface area (Å²) in [4.78, 5) is 2.65. The van der Waals surface area contributed by atoms with E-state index in [1.807, 2.05) is 0 Å². The smallest absolute Gasteiger partial charge is 0.0673 e. The molecule has 106 valence electrons. The van der Waals surface area contributed by atoms with Crippen LogP contribution in [-0.2, 0) is 4.74 Å². The molecule has 2 aliphatic rings. The van der Waals surface area contributed by atoms with Gasteiger partial charge in [-0.15, -0.1) is 0 Å². The number of piperidine rings is 1. The molecule has 0 saturated carbocycles. The van der Waals surface area contributed by atoms with Gasteiger partial charge in [0.15, 0.2) is 0 Å². The van der Waals surface area contributed by atoms with Crippen LogP contribution in [0.2, 0.25) is 0 Å². The molecule has 0 aromatic heterocycles. The van der Waals surface area contributed by atoms with Gasteiger partial charge in [-0.05, 0) is 44.6 Å². The Kier molecular flexibility index (Phi) is 5.46. The molecular weight excluding hydrogens is 224 g/mol. The Morgan fingerprint density at radius 3 is 3.00 bits per heavy atom. The number of hydrogen-bond donors (Lipinski definition) is 1. The monoisotopic (exact) mass is 254 g/mol. The molecule has 3 heteroatoms. The maximum atomic E-state index is 5.76. The molecule has 2 rings (SSSR count). The van der Waals surface area contributed by atoms with Gasteiger partial charge < -0.3 is 15.0 Å². The van der Waals surface area contributed by atoms with Crippen molar-refractivity contribution in [3.63, 3.8) is 0 Å². The van der Waals surface area contributed by atoms with Gasteiger partial charge >= 0.3 is 0 Å². The molecule has 1 N–H and O–H groups in total. The molecule has 0 spiro atoms. The van der Waals surface area contributed by atoms with Gasteiger partial charge in [-0.1, -0.05) is 13.3 Å². The van der Waals surface area contributed by atoms with E-state index < -0.39 is 0 Å². The minimum Gasteiger partial charge on any atom is -0.377 e. The highest BCUT2D eigenvalue weighted by atomic mass is 16.5. The normalized spacial score (nSPS) is 35.3. The van der Waals surface area contributed by atoms with Crippen LogP contribution in [0, 0.1) is 5.41 Å². The number of nitrogens with one attached hydrogen (secondary N) is 1. The molecule has 0 aliphatic carbocycles. The van der Waals surface area contributed by atoms with E-state index in [0.717, 1.165) is 13.2 Å². The Bertz CT molecular complexity index is 233. The lowest BCUT2D eigenvalue weighted by Crippen LogP contribution is -2.48. The Morgan fingerprint density at radius 1 is 1.39 bits per heavy atom. The first-order valence-corrected chi connectivity index (χ1v) is 7.79. The van der Waals surface area contributed by atoms with Crippen LogP contribution in [-0.4, -0.2) is 50.3 Å². The molecule has 18 heavy (non-hydrogen) atoms. The summed E-state index contributed by atoms with van der Waals surface area (Å²) >= 11 is 0. The van der Waals surface area contributed by atoms with Gasteiger partial charge in [0.25, 0.3) is 0 Å². The van der Waals surface area contributed by atoms with Gasteiger partial charge in [-0.25, -0.2) is 0 Å². The number of hydrogen-bond acceptors (Lipinski definition) is 3. The molecule has 2 atom stereocenters. The summed E-state index contributed by atoms with van der Waals surface area (Å²) in [6.45, 7) is 11.5. The van der Waals surface area contributed by atoms with Gasteiger partial charge in [0.05, 0.1) is 6.10 Å². The SMILES string of the molecule is CCCC1(CN2CCCOC(C)C2)CCCNC1. The average Bonchev–Trinajstić information content (AvgIpc) is 2.55. The van der Waals surface area contributed by atoms with E-state index in [0.29, 0.717) is 11.5 Å². The molecule has 2 saturated heterocycles. The fraction of sp³-hybridized carbons (Fsp3) is 1.00. The molecule has 0 bridgehead atoms. The van der Waals surface area contributed by atoms with Crippen molar-refractivity contribution in [2.75, 3.05) is 39.3 Å². The van der Waals surface area contributed by atoms with Crippen molar-refractivity contribution in [2.24, 2.45) is 5.41 Å². The van der Waals surface area contributed by atoms with E-state index in [4.69, 9.17) is 4.74 Å². The van der Waals surface area contributed by atoms with E-state index in [1.165, 1.54) is 58.3 Å². The van der Waals surface area contributed by atoms with Crippen LogP contribution in [0.3, 0.4) is 0 Å². The highest BCUT2D eigenvalue weighted by Gasteiger charge is 2.33. The number of nitrogens with zero attached hydrogens (tertiary/aromatic N) is 1. The largest absolute Gasteiger partial charge is 0.377 e. The first-order valence-electron chi connectivity index (χ1n) is 7.79. The molecule has 0 aromatic rings. The molecular formula is C15H30N2O. The molecule has 2 heterocycles. The van der Waals surface area contributed by atoms with Crippen LogP contribution in [0.15, 0.2) is 0 Å². The summed E-state index contributed by atoms with van der Waals surface area (Å²) in [6, 6.07) is 0. The third-order valence-corrected chi connectivity index (χ3v) is 4.44. The average molecular weight is 254 g/mol. The van der Waals surface area contributed by atoms with Gasteiger partial charge in [0.1, 0.15) is 0 Å². The Balaban J connectivity index is 1.94. The van der Waals surface area contributed by atoms with Crippen LogP contribution in [0.4, 0.5) is 0 Å². The second kappa shape index (κ2) is 6.88. The molecule has 0 aromatic carbocycles. The summed E-state index contributed by atoms with van der Waals surface area (Å²) in [5.74, 6) is 0. The fourth-order valence-corrected chi connectivity index (χ4v) is 3.69. The Hall–Kier alpha value is -0.120. The van der Waals surface area contributed by atoms with Crippen molar-refractivity contribution in [1.29, 1.82) is 0 Å². The standard InChI is InChI=1S/C15H30N2O/c1-3-6-15(7-4-8-16-12-15)13-17-9-5-10-18-14(2)11-17/h14,16H,3-13H2,1-2H3. The van der Waals surface area contributed by atoms with Crippen molar-refractivity contribution in [2.45, 2.75) is 52.1 Å². The van der Waals surface area contributed by atoms with Gasteiger partial charge in [0.2, 0.25) is 0 Å². The van der Waals surface area contributed by atoms with E-state index in [9.17, 15) is 0 Å². The highest BCUT2D eigenvalue weighted by molar-refractivity contribution is 4.88. The number of rotatable bonds is 4. The predicted molar refractivity (Wildman–Crippen MR) is 75.9 cm³/mol. The minimum absolute atomic E-state index is 0.405. The van der Waals surface area contributed by atoms with E-state index in [-0.39, 0.29) is 0 Å². The van der Waals surface area contributed by atoms with Crippen LogP contribution in [0.25, 0.3) is 0 Å². The molecule has 0 radical (unpaired) electrons. The third kappa shape index (κ3) is 3.94. The van der Waals surface area contributed by atoms with E-state index >= 15 is 0 Å². The van der Waals surface area contributed by atoms with Crippen molar-refractivity contribution >= 4 is 0 Å². The lowest BCUT2D eigenvalue weighted by Gasteiger charge is -2.41. The third-order valence-electron chi connectivity index (χ3n) is 4.44. The van der Waals surface area contributed by atoms with Gasteiger partial charge in [-0.3, -0.25) is 0 Å². The fourth-order valence-electron chi connectivity index (χ4n) is 3.69. The first-order chi connectivity index (χ1) is 8.74. The summed E-state index contributed by atoms with van der Waals surface area (Å²) < 4.78 is 5.76. The minimum atomic E-state index is 0.405. The van der Waals surface area contributed by atoms with E-state index in [2.05, 4.69) is 24.1 Å². The second-order valence-corrected chi connectivity index (χ2v) is 6.30. The van der Waals surface area contributed by atoms with Gasteiger partial charge in [-0.2, -0.15) is 0 Å². The second-order valence-electron chi connectivity index (χ2n) is 6.30. The highest BCUT2D eigenvalue weighted by Crippen LogP contribution is 2.33. The van der Waals surface area contributed by atoms with Crippen LogP contribution < -0.4 is 5.32 Å². The Labute approximate surface area is 112 Å². The Morgan fingerprint density at radius 2 is 2.28 bits per heavy atom. The topological polar surface area (TPSA) is 24.5 Å². The lowest BCUT2D eigenvalue weighted by molar-refractivity contribution is 0.0525. The first kappa shape index (κ1) is 14.3. The quantitative estimate of drug-likeness (QED) is 0.833. The maximum absolute atomic E-state index is 5.76. The summed E-state index contributed by atoms with van der Waals surface area (Å²) in [6.07, 6.45) is 7.02. The molecule has 2 unspecified atom stereocenters. The zero-order chi connectivity index (χ0) is 12.8. The predicted octanol–water partition coefficient (Wildman–Crippen LogP) is 2.27. The molecule has 2 fully saturated rings. The van der Waals surface area contributed by atoms with Crippen LogP contribution in [0.5, 0.6) is 0 Å². The van der Waals surface area contributed by atoms with Crippen LogP contribution in [0.1, 0.15) is 46.0 Å². The molecule has 0 amide bonds. The zero-order valence-electron chi connectivity index (χ0n) is 12.2. The summed E-state index contributed by atoms with van der Waals surface area (Å²) in [5, 5.41) is 3.62. The number of ether oxygens (including phenoxy) is 1. The molecule has 3 nitrogen and oxygen atoms in total. The van der Waals surface area contributed by atoms with E-state index in [1.54, 1.807) is 0 Å². The van der Waals surface area contributed by atoms with Gasteiger partial charge in [0, 0.05) is 32.8 Å². The lowest BCUT2D eigenvalue weighted by atomic mass is 9.76. The van der Waals surface area contributed by atoms with Crippen molar-refractivity contribution < 1.29 is 4.74 Å². The summed E-state index contributed by atoms with van der Waals surface area (Å²) in [5.41, 5.74) is 0.525. The van der Waals surface area contributed by atoms with Crippen molar-refractivity contribution in [3.8, 4) is 0 Å². The maximum Gasteiger partial charge on any atom is 0.0673 e. The zero-order valence-corrected chi connectivity index (χ0v) is 12.2. The molecule has 2 aliphatic heterocycles. The summed E-state index contributed by atoms with van der Waals surface area (Å²) in [7, 11) is 0. The van der Waals surface area contributed by atoms with Crippen molar-refractivity contribution in [3.05, 3.63) is 0 Å².